The van der Waals surface area contributed by atoms with E-state index in [1.54, 1.807) is 10.8 Å². The van der Waals surface area contributed by atoms with Crippen molar-refractivity contribution in [2.45, 2.75) is 6.42 Å². The second kappa shape index (κ2) is 4.67. The average molecular weight is 296 g/mol. The van der Waals surface area contributed by atoms with Crippen LogP contribution in [0.1, 0.15) is 5.69 Å². The lowest BCUT2D eigenvalue weighted by Gasteiger charge is -2.00. The van der Waals surface area contributed by atoms with Crippen LogP contribution in [-0.4, -0.2) is 25.6 Å². The molecule has 17 heavy (non-hydrogen) atoms. The van der Waals surface area contributed by atoms with Crippen LogP contribution in [0.15, 0.2) is 29.0 Å². The maximum atomic E-state index is 10.7. The maximum Gasteiger partial charge on any atom is 0.309 e. The summed E-state index contributed by atoms with van der Waals surface area (Å²) in [4.78, 5) is 19.2. The number of nitrogens with zero attached hydrogens (tertiary/aromatic N) is 3. The van der Waals surface area contributed by atoms with Crippen LogP contribution in [0.4, 0.5) is 0 Å². The van der Waals surface area contributed by atoms with Crippen molar-refractivity contribution in [2.75, 3.05) is 0 Å². The van der Waals surface area contributed by atoms with Crippen LogP contribution in [-0.2, 0) is 18.3 Å². The summed E-state index contributed by atoms with van der Waals surface area (Å²) in [5.74, 6) is -0.259. The van der Waals surface area contributed by atoms with Crippen LogP contribution in [0.5, 0.6) is 0 Å². The van der Waals surface area contributed by atoms with E-state index < -0.39 is 5.97 Å². The Balaban J connectivity index is 2.46. The van der Waals surface area contributed by atoms with Crippen LogP contribution in [0.2, 0.25) is 0 Å². The lowest BCUT2D eigenvalue weighted by molar-refractivity contribution is -0.136. The molecule has 0 saturated carbocycles. The summed E-state index contributed by atoms with van der Waals surface area (Å²) >= 11 is 3.34. The molecule has 0 aliphatic heterocycles. The van der Waals surface area contributed by atoms with E-state index in [9.17, 15) is 4.79 Å². The number of halogens is 1. The van der Waals surface area contributed by atoms with Crippen LogP contribution < -0.4 is 0 Å². The topological polar surface area (TPSA) is 68.0 Å². The van der Waals surface area contributed by atoms with Gasteiger partial charge in [0.15, 0.2) is 5.82 Å². The number of carboxylic acid groups (broad SMARTS) is 1. The quantitative estimate of drug-likeness (QED) is 0.939. The van der Waals surface area contributed by atoms with Gasteiger partial charge in [-0.05, 0) is 28.1 Å². The second-order valence-electron chi connectivity index (χ2n) is 3.52. The van der Waals surface area contributed by atoms with Gasteiger partial charge in [0.2, 0.25) is 0 Å². The number of rotatable bonds is 3. The van der Waals surface area contributed by atoms with Crippen molar-refractivity contribution in [3.63, 3.8) is 0 Å². The molecule has 0 radical (unpaired) electrons. The molecule has 2 aromatic rings. The number of aromatic nitrogens is 3. The summed E-state index contributed by atoms with van der Waals surface area (Å²) in [5, 5.41) is 8.78. The van der Waals surface area contributed by atoms with Crippen molar-refractivity contribution in [2.24, 2.45) is 7.05 Å². The molecule has 2 heterocycles. The SMILES string of the molecule is Cn1c(-c2ccccn2)nc(CC(=O)O)c1Br. The highest BCUT2D eigenvalue weighted by Gasteiger charge is 2.16. The number of pyridine rings is 1. The smallest absolute Gasteiger partial charge is 0.309 e. The fourth-order valence-electron chi connectivity index (χ4n) is 1.52. The number of carboxylic acids is 1. The summed E-state index contributed by atoms with van der Waals surface area (Å²) in [6, 6.07) is 5.51. The molecule has 0 aromatic carbocycles. The van der Waals surface area contributed by atoms with E-state index in [1.165, 1.54) is 0 Å². The molecule has 0 aliphatic rings. The van der Waals surface area contributed by atoms with Crippen molar-refractivity contribution in [3.05, 3.63) is 34.7 Å². The highest BCUT2D eigenvalue weighted by Crippen LogP contribution is 2.24. The fraction of sp³-hybridized carbons (Fsp3) is 0.182. The third-order valence-electron chi connectivity index (χ3n) is 2.30. The first-order valence-corrected chi connectivity index (χ1v) is 5.73. The van der Waals surface area contributed by atoms with Gasteiger partial charge in [0.1, 0.15) is 10.3 Å². The molecular formula is C11H10BrN3O2. The third-order valence-corrected chi connectivity index (χ3v) is 3.29. The predicted octanol–water partition coefficient (Wildman–Crippen LogP) is 1.87. The predicted molar refractivity (Wildman–Crippen MR) is 65.5 cm³/mol. The minimum Gasteiger partial charge on any atom is -0.481 e. The number of hydrogen-bond acceptors (Lipinski definition) is 3. The number of carbonyl (C=O) groups is 1. The summed E-state index contributed by atoms with van der Waals surface area (Å²) in [7, 11) is 1.81. The standard InChI is InChI=1S/C11H10BrN3O2/c1-15-10(12)8(6-9(16)17)14-11(15)7-4-2-3-5-13-7/h2-5H,6H2,1H3,(H,16,17). The minimum absolute atomic E-state index is 0.110. The van der Waals surface area contributed by atoms with E-state index in [-0.39, 0.29) is 6.42 Å². The van der Waals surface area contributed by atoms with Gasteiger partial charge in [-0.2, -0.15) is 0 Å². The molecule has 2 aromatic heterocycles. The molecule has 1 N–H and O–H groups in total. The van der Waals surface area contributed by atoms with Gasteiger partial charge in [0.25, 0.3) is 0 Å². The Hall–Kier alpha value is -1.69. The monoisotopic (exact) mass is 295 g/mol. The van der Waals surface area contributed by atoms with Gasteiger partial charge in [0, 0.05) is 13.2 Å². The zero-order valence-electron chi connectivity index (χ0n) is 9.09. The molecule has 0 spiro atoms. The van der Waals surface area contributed by atoms with Crippen molar-refractivity contribution in [1.82, 2.24) is 14.5 Å². The molecule has 0 amide bonds. The van der Waals surface area contributed by atoms with E-state index in [0.29, 0.717) is 21.8 Å². The molecule has 0 atom stereocenters. The first-order chi connectivity index (χ1) is 8.09. The molecule has 0 fully saturated rings. The summed E-state index contributed by atoms with van der Waals surface area (Å²) in [5.41, 5.74) is 1.22. The van der Waals surface area contributed by atoms with Crippen molar-refractivity contribution in [3.8, 4) is 11.5 Å². The van der Waals surface area contributed by atoms with Crippen LogP contribution in [0, 0.1) is 0 Å². The molecule has 6 heteroatoms. The van der Waals surface area contributed by atoms with E-state index in [1.807, 2.05) is 25.2 Å². The third kappa shape index (κ3) is 2.36. The molecule has 0 saturated heterocycles. The number of aliphatic carboxylic acids is 1. The normalized spacial score (nSPS) is 10.5. The lowest BCUT2D eigenvalue weighted by Crippen LogP contribution is -2.01. The molecule has 0 aliphatic carbocycles. The largest absolute Gasteiger partial charge is 0.481 e. The van der Waals surface area contributed by atoms with Crippen LogP contribution in [0.3, 0.4) is 0 Å². The zero-order chi connectivity index (χ0) is 12.4. The summed E-state index contributed by atoms with van der Waals surface area (Å²) in [6.07, 6.45) is 1.57. The summed E-state index contributed by atoms with van der Waals surface area (Å²) in [6.45, 7) is 0. The Morgan fingerprint density at radius 1 is 1.53 bits per heavy atom. The fourth-order valence-corrected chi connectivity index (χ4v) is 1.91. The van der Waals surface area contributed by atoms with Crippen molar-refractivity contribution >= 4 is 21.9 Å². The Morgan fingerprint density at radius 3 is 2.88 bits per heavy atom. The van der Waals surface area contributed by atoms with Gasteiger partial charge in [0.05, 0.1) is 12.1 Å². The van der Waals surface area contributed by atoms with E-state index >= 15 is 0 Å². The first kappa shape index (κ1) is 11.8. The van der Waals surface area contributed by atoms with Crippen LogP contribution >= 0.6 is 15.9 Å². The minimum atomic E-state index is -0.906. The van der Waals surface area contributed by atoms with Gasteiger partial charge in [-0.15, -0.1) is 0 Å². The Bertz CT molecular complexity index is 551. The van der Waals surface area contributed by atoms with Gasteiger partial charge < -0.3 is 9.67 Å². The Kier molecular flexibility index (Phi) is 3.23. The van der Waals surface area contributed by atoms with Crippen molar-refractivity contribution < 1.29 is 9.90 Å². The van der Waals surface area contributed by atoms with E-state index in [0.717, 1.165) is 0 Å². The Labute approximate surface area is 106 Å². The molecule has 0 unspecified atom stereocenters. The van der Waals surface area contributed by atoms with Gasteiger partial charge in [-0.25, -0.2) is 4.98 Å². The van der Waals surface area contributed by atoms with E-state index in [4.69, 9.17) is 5.11 Å². The van der Waals surface area contributed by atoms with Gasteiger partial charge in [-0.3, -0.25) is 9.78 Å². The molecule has 2 rings (SSSR count). The lowest BCUT2D eigenvalue weighted by atomic mass is 10.3. The molecule has 5 nitrogen and oxygen atoms in total. The zero-order valence-corrected chi connectivity index (χ0v) is 10.7. The Morgan fingerprint density at radius 2 is 2.29 bits per heavy atom. The maximum absolute atomic E-state index is 10.7. The highest BCUT2D eigenvalue weighted by molar-refractivity contribution is 9.10. The second-order valence-corrected chi connectivity index (χ2v) is 4.27. The number of imidazole rings is 1. The number of hydrogen-bond donors (Lipinski definition) is 1. The highest BCUT2D eigenvalue weighted by atomic mass is 79.9. The molecular weight excluding hydrogens is 286 g/mol. The average Bonchev–Trinajstić information content (AvgIpc) is 2.58. The van der Waals surface area contributed by atoms with Crippen LogP contribution in [0.25, 0.3) is 11.5 Å². The van der Waals surface area contributed by atoms with Gasteiger partial charge >= 0.3 is 5.97 Å². The van der Waals surface area contributed by atoms with E-state index in [2.05, 4.69) is 25.9 Å². The van der Waals surface area contributed by atoms with Gasteiger partial charge in [-0.1, -0.05) is 6.07 Å². The summed E-state index contributed by atoms with van der Waals surface area (Å²) < 4.78 is 2.45. The molecule has 88 valence electrons. The van der Waals surface area contributed by atoms with Crippen molar-refractivity contribution in [1.29, 1.82) is 0 Å². The molecule has 0 bridgehead atoms. The first-order valence-electron chi connectivity index (χ1n) is 4.94.